The van der Waals surface area contributed by atoms with Crippen LogP contribution in [0.25, 0.3) is 0 Å². The number of halogens is 1. The molecule has 4 heteroatoms. The molecule has 1 aromatic rings. The molecule has 1 unspecified atom stereocenters. The van der Waals surface area contributed by atoms with Gasteiger partial charge in [-0.1, -0.05) is 32.4 Å². The summed E-state index contributed by atoms with van der Waals surface area (Å²) < 4.78 is 2.03. The standard InChI is InChI=1S/C13H24ClN3/c1-6-15-12(7-9(2)3)13-11(14)8-16-17(13)10(4)5/h8-10,12,15H,6-7H2,1-5H3. The second-order valence-corrected chi connectivity index (χ2v) is 5.56. The third kappa shape index (κ3) is 3.71. The summed E-state index contributed by atoms with van der Waals surface area (Å²) in [5.41, 5.74) is 1.12. The Kier molecular flexibility index (Phi) is 5.47. The fourth-order valence-electron chi connectivity index (χ4n) is 2.10. The quantitative estimate of drug-likeness (QED) is 0.840. The summed E-state index contributed by atoms with van der Waals surface area (Å²) in [5.74, 6) is 0.630. The summed E-state index contributed by atoms with van der Waals surface area (Å²) in [4.78, 5) is 0. The van der Waals surface area contributed by atoms with Gasteiger partial charge in [0.25, 0.3) is 0 Å². The van der Waals surface area contributed by atoms with E-state index in [-0.39, 0.29) is 6.04 Å². The molecular weight excluding hydrogens is 234 g/mol. The molecule has 1 aromatic heterocycles. The van der Waals surface area contributed by atoms with Crippen LogP contribution < -0.4 is 5.32 Å². The van der Waals surface area contributed by atoms with Gasteiger partial charge in [0.2, 0.25) is 0 Å². The molecule has 1 N–H and O–H groups in total. The minimum Gasteiger partial charge on any atom is -0.309 e. The Morgan fingerprint density at radius 3 is 2.47 bits per heavy atom. The van der Waals surface area contributed by atoms with Crippen LogP contribution in [0.3, 0.4) is 0 Å². The van der Waals surface area contributed by atoms with Crippen LogP contribution in [0.15, 0.2) is 6.20 Å². The first-order valence-electron chi connectivity index (χ1n) is 6.43. The zero-order valence-corrected chi connectivity index (χ0v) is 12.3. The normalized spacial score (nSPS) is 13.6. The topological polar surface area (TPSA) is 29.9 Å². The largest absolute Gasteiger partial charge is 0.309 e. The van der Waals surface area contributed by atoms with E-state index >= 15 is 0 Å². The second kappa shape index (κ2) is 6.41. The lowest BCUT2D eigenvalue weighted by Crippen LogP contribution is -2.26. The minimum absolute atomic E-state index is 0.289. The molecule has 0 bridgehead atoms. The van der Waals surface area contributed by atoms with E-state index in [2.05, 4.69) is 45.0 Å². The maximum Gasteiger partial charge on any atom is 0.0834 e. The van der Waals surface area contributed by atoms with E-state index in [9.17, 15) is 0 Å². The molecule has 0 amide bonds. The Hall–Kier alpha value is -0.540. The van der Waals surface area contributed by atoms with Crippen LogP contribution in [0.1, 0.15) is 58.8 Å². The molecule has 3 nitrogen and oxygen atoms in total. The molecule has 17 heavy (non-hydrogen) atoms. The lowest BCUT2D eigenvalue weighted by molar-refractivity contribution is 0.394. The molecule has 1 atom stereocenters. The van der Waals surface area contributed by atoms with E-state index in [1.54, 1.807) is 6.20 Å². The monoisotopic (exact) mass is 257 g/mol. The molecule has 0 saturated heterocycles. The lowest BCUT2D eigenvalue weighted by Gasteiger charge is -2.23. The average molecular weight is 258 g/mol. The SMILES string of the molecule is CCNC(CC(C)C)c1c(Cl)cnn1C(C)C. The van der Waals surface area contributed by atoms with Crippen LogP contribution in [0, 0.1) is 5.92 Å². The van der Waals surface area contributed by atoms with Gasteiger partial charge in [0.1, 0.15) is 0 Å². The number of hydrogen-bond donors (Lipinski definition) is 1. The van der Waals surface area contributed by atoms with Crippen molar-refractivity contribution in [2.45, 2.75) is 53.1 Å². The fraction of sp³-hybridized carbons (Fsp3) is 0.769. The highest BCUT2D eigenvalue weighted by Gasteiger charge is 2.21. The number of hydrogen-bond acceptors (Lipinski definition) is 2. The summed E-state index contributed by atoms with van der Waals surface area (Å²) in [5, 5.41) is 8.65. The van der Waals surface area contributed by atoms with E-state index in [0.29, 0.717) is 12.0 Å². The Morgan fingerprint density at radius 1 is 1.35 bits per heavy atom. The molecule has 0 aliphatic heterocycles. The van der Waals surface area contributed by atoms with Crippen molar-refractivity contribution >= 4 is 11.6 Å². The third-order valence-corrected chi connectivity index (χ3v) is 3.06. The van der Waals surface area contributed by atoms with Crippen molar-refractivity contribution in [1.82, 2.24) is 15.1 Å². The van der Waals surface area contributed by atoms with Gasteiger partial charge < -0.3 is 5.32 Å². The van der Waals surface area contributed by atoms with Gasteiger partial charge in [-0.05, 0) is 32.7 Å². The van der Waals surface area contributed by atoms with Gasteiger partial charge in [-0.15, -0.1) is 0 Å². The summed E-state index contributed by atoms with van der Waals surface area (Å²) in [6.45, 7) is 11.8. The van der Waals surface area contributed by atoms with E-state index in [4.69, 9.17) is 11.6 Å². The zero-order chi connectivity index (χ0) is 13.0. The van der Waals surface area contributed by atoms with Crippen molar-refractivity contribution in [2.24, 2.45) is 5.92 Å². The van der Waals surface area contributed by atoms with Gasteiger partial charge in [0.15, 0.2) is 0 Å². The Morgan fingerprint density at radius 2 is 2.00 bits per heavy atom. The summed E-state index contributed by atoms with van der Waals surface area (Å²) in [6.07, 6.45) is 2.83. The first-order valence-corrected chi connectivity index (χ1v) is 6.81. The Balaban J connectivity index is 3.03. The van der Waals surface area contributed by atoms with Gasteiger partial charge >= 0.3 is 0 Å². The predicted octanol–water partition coefficient (Wildman–Crippen LogP) is 3.81. The molecule has 0 aliphatic carbocycles. The summed E-state index contributed by atoms with van der Waals surface area (Å²) in [7, 11) is 0. The number of aromatic nitrogens is 2. The number of rotatable bonds is 6. The first kappa shape index (κ1) is 14.5. The van der Waals surface area contributed by atoms with Crippen molar-refractivity contribution < 1.29 is 0 Å². The van der Waals surface area contributed by atoms with Gasteiger partial charge in [-0.25, -0.2) is 0 Å². The average Bonchev–Trinajstić information content (AvgIpc) is 2.59. The van der Waals surface area contributed by atoms with Crippen LogP contribution in [-0.2, 0) is 0 Å². The van der Waals surface area contributed by atoms with Gasteiger partial charge in [-0.3, -0.25) is 4.68 Å². The molecule has 1 rings (SSSR count). The van der Waals surface area contributed by atoms with Crippen LogP contribution in [0.5, 0.6) is 0 Å². The van der Waals surface area contributed by atoms with Gasteiger partial charge in [0, 0.05) is 6.04 Å². The van der Waals surface area contributed by atoms with Crippen LogP contribution in [0.4, 0.5) is 0 Å². The molecule has 0 aliphatic rings. The molecule has 0 saturated carbocycles. The molecule has 0 radical (unpaired) electrons. The maximum atomic E-state index is 6.28. The van der Waals surface area contributed by atoms with Crippen molar-refractivity contribution in [3.63, 3.8) is 0 Å². The van der Waals surface area contributed by atoms with Crippen LogP contribution >= 0.6 is 11.6 Å². The lowest BCUT2D eigenvalue weighted by atomic mass is 10.0. The number of nitrogens with zero attached hydrogens (tertiary/aromatic N) is 2. The highest BCUT2D eigenvalue weighted by molar-refractivity contribution is 6.31. The zero-order valence-electron chi connectivity index (χ0n) is 11.5. The van der Waals surface area contributed by atoms with Gasteiger partial charge in [-0.2, -0.15) is 5.10 Å². The van der Waals surface area contributed by atoms with E-state index < -0.39 is 0 Å². The molecular formula is C13H24ClN3. The van der Waals surface area contributed by atoms with Crippen molar-refractivity contribution in [3.8, 4) is 0 Å². The maximum absolute atomic E-state index is 6.28. The smallest absolute Gasteiger partial charge is 0.0834 e. The summed E-state index contributed by atoms with van der Waals surface area (Å²) in [6, 6.07) is 0.628. The van der Waals surface area contributed by atoms with Crippen molar-refractivity contribution in [1.29, 1.82) is 0 Å². The predicted molar refractivity (Wildman–Crippen MR) is 73.5 cm³/mol. The molecule has 98 valence electrons. The van der Waals surface area contributed by atoms with Crippen LogP contribution in [-0.4, -0.2) is 16.3 Å². The first-order chi connectivity index (χ1) is 7.97. The highest BCUT2D eigenvalue weighted by Crippen LogP contribution is 2.29. The van der Waals surface area contributed by atoms with E-state index in [0.717, 1.165) is 23.7 Å². The fourth-order valence-corrected chi connectivity index (χ4v) is 2.36. The molecule has 1 heterocycles. The number of nitrogens with one attached hydrogen (secondary N) is 1. The molecule has 0 spiro atoms. The second-order valence-electron chi connectivity index (χ2n) is 5.16. The van der Waals surface area contributed by atoms with Gasteiger partial charge in [0.05, 0.1) is 23.0 Å². The molecule has 0 fully saturated rings. The minimum atomic E-state index is 0.289. The third-order valence-electron chi connectivity index (χ3n) is 2.76. The van der Waals surface area contributed by atoms with Crippen LogP contribution in [0.2, 0.25) is 5.02 Å². The molecule has 0 aromatic carbocycles. The van der Waals surface area contributed by atoms with E-state index in [1.807, 2.05) is 4.68 Å². The Bertz CT molecular complexity index is 344. The van der Waals surface area contributed by atoms with Crippen molar-refractivity contribution in [2.75, 3.05) is 6.54 Å². The Labute approximate surface area is 110 Å². The van der Waals surface area contributed by atoms with E-state index in [1.165, 1.54) is 0 Å². The van der Waals surface area contributed by atoms with Crippen molar-refractivity contribution in [3.05, 3.63) is 16.9 Å². The summed E-state index contributed by atoms with van der Waals surface area (Å²) >= 11 is 6.28. The highest BCUT2D eigenvalue weighted by atomic mass is 35.5.